The molecule has 1 atom stereocenters. The Morgan fingerprint density at radius 3 is 2.68 bits per heavy atom. The van der Waals surface area contributed by atoms with Gasteiger partial charge in [-0.1, -0.05) is 24.3 Å². The number of benzene rings is 2. The first-order valence-corrected chi connectivity index (χ1v) is 9.21. The lowest BCUT2D eigenvalue weighted by Crippen LogP contribution is -2.48. The molecule has 1 N–H and O–H groups in total. The maximum Gasteiger partial charge on any atom is 0.415 e. The van der Waals surface area contributed by atoms with Gasteiger partial charge in [0.1, 0.15) is 5.75 Å². The predicted octanol–water partition coefficient (Wildman–Crippen LogP) is 3.33. The summed E-state index contributed by atoms with van der Waals surface area (Å²) in [5.41, 5.74) is 2.25. The predicted molar refractivity (Wildman–Crippen MR) is 101 cm³/mol. The van der Waals surface area contributed by atoms with Crippen molar-refractivity contribution in [2.24, 2.45) is 0 Å². The molecular weight excluding hydrogens is 338 g/mol. The Hall–Kier alpha value is -1.98. The molecule has 2 aromatic carbocycles. The Balaban J connectivity index is 1.67. The zero-order valence-electron chi connectivity index (χ0n) is 14.3. The van der Waals surface area contributed by atoms with Gasteiger partial charge in [-0.15, -0.1) is 11.6 Å². The van der Waals surface area contributed by atoms with Gasteiger partial charge in [0.15, 0.2) is 0 Å². The second-order valence-corrected chi connectivity index (χ2v) is 7.08. The maximum absolute atomic E-state index is 12.6. The quantitative estimate of drug-likeness (QED) is 0.835. The first kappa shape index (κ1) is 16.5. The van der Waals surface area contributed by atoms with E-state index < -0.39 is 0 Å². The number of likely N-dealkylation sites (N-methyl/N-ethyl adjacent to an activating group) is 1. The Morgan fingerprint density at radius 1 is 1.24 bits per heavy atom. The highest BCUT2D eigenvalue weighted by atomic mass is 35.5. The molecule has 0 saturated carbocycles. The van der Waals surface area contributed by atoms with E-state index in [1.165, 1.54) is 5.56 Å². The van der Waals surface area contributed by atoms with Crippen LogP contribution in [0, 0.1) is 0 Å². The van der Waals surface area contributed by atoms with Crippen LogP contribution in [0.5, 0.6) is 5.75 Å². The molecule has 0 spiro atoms. The van der Waals surface area contributed by atoms with E-state index in [0.717, 1.165) is 36.1 Å². The lowest BCUT2D eigenvalue weighted by molar-refractivity contribution is 0.121. The minimum atomic E-state index is -0.273. The number of rotatable bonds is 2. The first-order chi connectivity index (χ1) is 12.2. The van der Waals surface area contributed by atoms with E-state index in [4.69, 9.17) is 16.3 Å². The SMILES string of the molecule is CN1CCN(C(=O)Oc2cc3c(c4ccccc24)[C@H](CCl)CN3)CC1. The summed E-state index contributed by atoms with van der Waals surface area (Å²) in [5, 5.41) is 5.47. The zero-order chi connectivity index (χ0) is 17.4. The van der Waals surface area contributed by atoms with Crippen molar-refractivity contribution in [3.05, 3.63) is 35.9 Å². The molecule has 2 heterocycles. The summed E-state index contributed by atoms with van der Waals surface area (Å²) in [6.45, 7) is 3.96. The number of hydrogen-bond donors (Lipinski definition) is 1. The van der Waals surface area contributed by atoms with Gasteiger partial charge in [-0.25, -0.2) is 4.79 Å². The number of fused-ring (bicyclic) bond motifs is 3. The molecule has 0 radical (unpaired) electrons. The molecule has 2 aliphatic heterocycles. The molecule has 25 heavy (non-hydrogen) atoms. The Kier molecular flexibility index (Phi) is 4.44. The average molecular weight is 360 g/mol. The standard InChI is InChI=1S/C19H22ClN3O2/c1-22-6-8-23(9-7-22)19(24)25-17-10-16-18(13(11-20)12-21-16)15-5-3-2-4-14(15)17/h2-5,10,13,21H,6-9,11-12H2,1H3/t13-/m1/s1. The van der Waals surface area contributed by atoms with Crippen molar-refractivity contribution in [1.82, 2.24) is 9.80 Å². The fourth-order valence-electron chi connectivity index (χ4n) is 3.65. The topological polar surface area (TPSA) is 44.8 Å². The van der Waals surface area contributed by atoms with Gasteiger partial charge >= 0.3 is 6.09 Å². The zero-order valence-corrected chi connectivity index (χ0v) is 15.1. The van der Waals surface area contributed by atoms with Crippen molar-refractivity contribution in [1.29, 1.82) is 0 Å². The van der Waals surface area contributed by atoms with Crippen molar-refractivity contribution in [2.45, 2.75) is 5.92 Å². The van der Waals surface area contributed by atoms with E-state index in [0.29, 0.717) is 24.7 Å². The van der Waals surface area contributed by atoms with Gasteiger partial charge in [0, 0.05) is 61.7 Å². The first-order valence-electron chi connectivity index (χ1n) is 8.68. The van der Waals surface area contributed by atoms with E-state index in [2.05, 4.69) is 23.3 Å². The maximum atomic E-state index is 12.6. The summed E-state index contributed by atoms with van der Waals surface area (Å²) in [4.78, 5) is 16.6. The van der Waals surface area contributed by atoms with Gasteiger partial charge in [-0.2, -0.15) is 0 Å². The van der Waals surface area contributed by atoms with Crippen LogP contribution in [0.4, 0.5) is 10.5 Å². The molecule has 0 aliphatic carbocycles. The van der Waals surface area contributed by atoms with Crippen LogP contribution < -0.4 is 10.1 Å². The fraction of sp³-hybridized carbons (Fsp3) is 0.421. The van der Waals surface area contributed by atoms with Gasteiger partial charge in [-0.3, -0.25) is 0 Å². The summed E-state index contributed by atoms with van der Waals surface area (Å²) in [6.07, 6.45) is -0.273. The monoisotopic (exact) mass is 359 g/mol. The van der Waals surface area contributed by atoms with E-state index in [1.54, 1.807) is 4.90 Å². The third-order valence-electron chi connectivity index (χ3n) is 5.14. The summed E-state index contributed by atoms with van der Waals surface area (Å²) in [5.74, 6) is 1.47. The Morgan fingerprint density at radius 2 is 1.96 bits per heavy atom. The van der Waals surface area contributed by atoms with Crippen molar-refractivity contribution in [3.8, 4) is 5.75 Å². The van der Waals surface area contributed by atoms with Crippen molar-refractivity contribution in [3.63, 3.8) is 0 Å². The number of halogens is 1. The molecule has 0 bridgehead atoms. The average Bonchev–Trinajstić information content (AvgIpc) is 3.05. The summed E-state index contributed by atoms with van der Waals surface area (Å²) < 4.78 is 5.79. The second-order valence-electron chi connectivity index (χ2n) is 6.77. The number of carbonyl (C=O) groups is 1. The molecule has 132 valence electrons. The van der Waals surface area contributed by atoms with Gasteiger partial charge in [-0.05, 0) is 18.0 Å². The molecule has 1 fully saturated rings. The molecule has 5 nitrogen and oxygen atoms in total. The summed E-state index contributed by atoms with van der Waals surface area (Å²) >= 11 is 6.14. The van der Waals surface area contributed by atoms with E-state index in [-0.39, 0.29) is 12.0 Å². The third kappa shape index (κ3) is 3.02. The van der Waals surface area contributed by atoms with Crippen molar-refractivity contribution >= 4 is 34.2 Å². The minimum Gasteiger partial charge on any atom is -0.409 e. The van der Waals surface area contributed by atoms with Crippen LogP contribution in [-0.4, -0.2) is 61.5 Å². The molecule has 0 unspecified atom stereocenters. The van der Waals surface area contributed by atoms with Crippen molar-refractivity contribution < 1.29 is 9.53 Å². The molecule has 2 aromatic rings. The molecule has 0 aromatic heterocycles. The highest BCUT2D eigenvalue weighted by Crippen LogP contribution is 2.42. The second kappa shape index (κ2) is 6.73. The van der Waals surface area contributed by atoms with E-state index in [1.807, 2.05) is 24.3 Å². The van der Waals surface area contributed by atoms with Crippen LogP contribution in [0.1, 0.15) is 11.5 Å². The van der Waals surface area contributed by atoms with Crippen LogP contribution in [0.25, 0.3) is 10.8 Å². The summed E-state index contributed by atoms with van der Waals surface area (Å²) in [6, 6.07) is 10.0. The normalized spacial score (nSPS) is 20.4. The summed E-state index contributed by atoms with van der Waals surface area (Å²) in [7, 11) is 2.07. The van der Waals surface area contributed by atoms with Crippen LogP contribution in [0.2, 0.25) is 0 Å². The van der Waals surface area contributed by atoms with Gasteiger partial charge < -0.3 is 19.9 Å². The number of nitrogens with one attached hydrogen (secondary N) is 1. The van der Waals surface area contributed by atoms with Crippen LogP contribution in [0.15, 0.2) is 30.3 Å². The number of alkyl halides is 1. The molecule has 1 saturated heterocycles. The number of anilines is 1. The Bertz CT molecular complexity index is 803. The van der Waals surface area contributed by atoms with Gasteiger partial charge in [0.05, 0.1) is 0 Å². The number of amides is 1. The number of piperazine rings is 1. The lowest BCUT2D eigenvalue weighted by Gasteiger charge is -2.31. The van der Waals surface area contributed by atoms with Crippen LogP contribution in [0.3, 0.4) is 0 Å². The largest absolute Gasteiger partial charge is 0.415 e. The fourth-order valence-corrected chi connectivity index (χ4v) is 3.91. The molecule has 4 rings (SSSR count). The molecule has 6 heteroatoms. The number of hydrogen-bond acceptors (Lipinski definition) is 4. The minimum absolute atomic E-state index is 0.273. The van der Waals surface area contributed by atoms with Gasteiger partial charge in [0.25, 0.3) is 0 Å². The van der Waals surface area contributed by atoms with E-state index >= 15 is 0 Å². The Labute approximate surface area is 152 Å². The lowest BCUT2D eigenvalue weighted by atomic mass is 9.95. The van der Waals surface area contributed by atoms with Crippen LogP contribution in [-0.2, 0) is 0 Å². The van der Waals surface area contributed by atoms with E-state index in [9.17, 15) is 4.79 Å². The van der Waals surface area contributed by atoms with Gasteiger partial charge in [0.2, 0.25) is 0 Å². The highest BCUT2D eigenvalue weighted by molar-refractivity contribution is 6.18. The van der Waals surface area contributed by atoms with Crippen LogP contribution >= 0.6 is 11.6 Å². The number of carbonyl (C=O) groups excluding carboxylic acids is 1. The highest BCUT2D eigenvalue weighted by Gasteiger charge is 2.27. The number of ether oxygens (including phenoxy) is 1. The molecule has 2 aliphatic rings. The number of nitrogens with zero attached hydrogens (tertiary/aromatic N) is 2. The third-order valence-corrected chi connectivity index (χ3v) is 5.51. The van der Waals surface area contributed by atoms with Crippen molar-refractivity contribution in [2.75, 3.05) is 51.0 Å². The smallest absolute Gasteiger partial charge is 0.409 e. The molecule has 1 amide bonds. The molecular formula is C19H22ClN3O2.